The minimum Gasteiger partial charge on any atom is -0.379 e. The number of aryl methyl sites for hydroxylation is 1. The fraction of sp³-hybridized carbons (Fsp3) is 0.417. The average Bonchev–Trinajstić information content (AvgIpc) is 3.11. The number of morpholine rings is 1. The fourth-order valence-electron chi connectivity index (χ4n) is 4.77. The van der Waals surface area contributed by atoms with Crippen molar-refractivity contribution in [2.75, 3.05) is 69.0 Å². The van der Waals surface area contributed by atoms with Gasteiger partial charge in [-0.2, -0.15) is 4.31 Å². The predicted molar refractivity (Wildman–Crippen MR) is 133 cm³/mol. The number of hydrogen-bond donors (Lipinski definition) is 0. The van der Waals surface area contributed by atoms with Crippen LogP contribution in [0.2, 0.25) is 5.02 Å². The number of halogens is 1. The van der Waals surface area contributed by atoms with E-state index >= 15 is 0 Å². The number of amides is 1. The molecule has 186 valence electrons. The van der Waals surface area contributed by atoms with Crippen LogP contribution in [0.25, 0.3) is 0 Å². The number of fused-ring (bicyclic) bond motifs is 1. The Bertz CT molecular complexity index is 1270. The number of hydrogen-bond acceptors (Lipinski definition) is 7. The standard InChI is InChI=1S/C24H27ClN4O5S/c1-17-2-3-18(25)14-22(17)27-8-6-26(7-9-27)16-29-21-5-4-19(15-20(21)23(30)24(29)31)35(32,33)28-10-12-34-13-11-28/h2-5,14-15H,6-13,16H2,1H3. The second kappa shape index (κ2) is 9.51. The molecule has 9 nitrogen and oxygen atoms in total. The molecule has 0 aromatic heterocycles. The molecule has 3 aliphatic rings. The lowest BCUT2D eigenvalue weighted by Gasteiger charge is -2.38. The summed E-state index contributed by atoms with van der Waals surface area (Å²) >= 11 is 6.18. The third-order valence-electron chi connectivity index (χ3n) is 6.78. The van der Waals surface area contributed by atoms with Gasteiger partial charge in [-0.1, -0.05) is 17.7 Å². The molecule has 35 heavy (non-hydrogen) atoms. The van der Waals surface area contributed by atoms with Gasteiger partial charge in [-0.3, -0.25) is 19.4 Å². The van der Waals surface area contributed by atoms with E-state index in [0.29, 0.717) is 37.0 Å². The molecule has 2 saturated heterocycles. The SMILES string of the molecule is Cc1ccc(Cl)cc1N1CCN(CN2C(=O)C(=O)c3cc(S(=O)(=O)N4CCOCC4)ccc32)CC1. The van der Waals surface area contributed by atoms with Crippen molar-refractivity contribution in [2.45, 2.75) is 11.8 Å². The van der Waals surface area contributed by atoms with Gasteiger partial charge in [-0.05, 0) is 42.8 Å². The maximum absolute atomic E-state index is 13.0. The quantitative estimate of drug-likeness (QED) is 0.559. The number of rotatable bonds is 5. The first-order chi connectivity index (χ1) is 16.8. The highest BCUT2D eigenvalue weighted by Gasteiger charge is 2.38. The van der Waals surface area contributed by atoms with Crippen LogP contribution in [0.1, 0.15) is 15.9 Å². The Balaban J connectivity index is 1.30. The zero-order chi connectivity index (χ0) is 24.7. The summed E-state index contributed by atoms with van der Waals surface area (Å²) in [6, 6.07) is 10.2. The molecule has 3 heterocycles. The van der Waals surface area contributed by atoms with Gasteiger partial charge in [-0.15, -0.1) is 0 Å². The highest BCUT2D eigenvalue weighted by molar-refractivity contribution is 7.89. The Morgan fingerprint density at radius 3 is 2.34 bits per heavy atom. The topological polar surface area (TPSA) is 90.5 Å². The Morgan fingerprint density at radius 1 is 0.914 bits per heavy atom. The lowest BCUT2D eigenvalue weighted by molar-refractivity contribution is -0.114. The molecule has 0 spiro atoms. The smallest absolute Gasteiger partial charge is 0.300 e. The Kier molecular flexibility index (Phi) is 6.58. The summed E-state index contributed by atoms with van der Waals surface area (Å²) < 4.78 is 32.6. The van der Waals surface area contributed by atoms with E-state index < -0.39 is 21.7 Å². The van der Waals surface area contributed by atoms with Crippen molar-refractivity contribution in [3.05, 3.63) is 52.5 Å². The third kappa shape index (κ3) is 4.56. The Hall–Kier alpha value is -2.50. The van der Waals surface area contributed by atoms with E-state index in [0.717, 1.165) is 24.3 Å². The average molecular weight is 519 g/mol. The van der Waals surface area contributed by atoms with Gasteiger partial charge < -0.3 is 9.64 Å². The maximum Gasteiger partial charge on any atom is 0.300 e. The monoisotopic (exact) mass is 518 g/mol. The number of nitrogens with zero attached hydrogens (tertiary/aromatic N) is 4. The number of benzene rings is 2. The number of carbonyl (C=O) groups is 2. The van der Waals surface area contributed by atoms with Crippen LogP contribution >= 0.6 is 11.6 Å². The minimum atomic E-state index is -3.76. The van der Waals surface area contributed by atoms with E-state index in [-0.39, 0.29) is 30.2 Å². The molecule has 0 atom stereocenters. The van der Waals surface area contributed by atoms with Crippen molar-refractivity contribution < 1.29 is 22.7 Å². The molecule has 0 N–H and O–H groups in total. The first-order valence-corrected chi connectivity index (χ1v) is 13.4. The number of ketones is 1. The summed E-state index contributed by atoms with van der Waals surface area (Å²) in [6.07, 6.45) is 0. The van der Waals surface area contributed by atoms with Gasteiger partial charge >= 0.3 is 5.91 Å². The second-order valence-electron chi connectivity index (χ2n) is 8.94. The van der Waals surface area contributed by atoms with Gasteiger partial charge in [0, 0.05) is 50.0 Å². The van der Waals surface area contributed by atoms with Crippen molar-refractivity contribution in [3.8, 4) is 0 Å². The summed E-state index contributed by atoms with van der Waals surface area (Å²) in [7, 11) is -3.76. The second-order valence-corrected chi connectivity index (χ2v) is 11.3. The summed E-state index contributed by atoms with van der Waals surface area (Å²) in [5.41, 5.74) is 2.84. The molecular weight excluding hydrogens is 492 g/mol. The van der Waals surface area contributed by atoms with Crippen LogP contribution < -0.4 is 9.80 Å². The maximum atomic E-state index is 13.0. The molecule has 2 aromatic rings. The van der Waals surface area contributed by atoms with Gasteiger partial charge in [0.05, 0.1) is 36.0 Å². The van der Waals surface area contributed by atoms with Crippen LogP contribution in [0.5, 0.6) is 0 Å². The number of sulfonamides is 1. The van der Waals surface area contributed by atoms with E-state index in [1.807, 2.05) is 18.2 Å². The minimum absolute atomic E-state index is 0.0201. The number of carbonyl (C=O) groups excluding carboxylic acids is 2. The first-order valence-electron chi connectivity index (χ1n) is 11.6. The zero-order valence-electron chi connectivity index (χ0n) is 19.4. The molecule has 5 rings (SSSR count). The summed E-state index contributed by atoms with van der Waals surface area (Å²) in [4.78, 5) is 31.4. The molecule has 3 aliphatic heterocycles. The van der Waals surface area contributed by atoms with Crippen LogP contribution in [-0.2, 0) is 19.6 Å². The van der Waals surface area contributed by atoms with E-state index in [9.17, 15) is 18.0 Å². The lowest BCUT2D eigenvalue weighted by Crippen LogP contribution is -2.51. The number of Topliss-reactive ketones (excluding diaryl/α,β-unsaturated/α-hetero) is 1. The van der Waals surface area contributed by atoms with Crippen molar-refractivity contribution in [2.24, 2.45) is 0 Å². The van der Waals surface area contributed by atoms with Gasteiger partial charge in [-0.25, -0.2) is 8.42 Å². The normalized spacial score (nSPS) is 19.9. The molecule has 0 saturated carbocycles. The predicted octanol–water partition coefficient (Wildman–Crippen LogP) is 1.98. The zero-order valence-corrected chi connectivity index (χ0v) is 21.0. The summed E-state index contributed by atoms with van der Waals surface area (Å²) in [5.74, 6) is -1.30. The molecule has 1 amide bonds. The van der Waals surface area contributed by atoms with Gasteiger partial charge in [0.2, 0.25) is 10.0 Å². The van der Waals surface area contributed by atoms with Crippen LogP contribution in [0.4, 0.5) is 11.4 Å². The van der Waals surface area contributed by atoms with Crippen LogP contribution in [-0.4, -0.2) is 88.5 Å². The molecular formula is C24H27ClN4O5S. The molecule has 2 aromatic carbocycles. The van der Waals surface area contributed by atoms with Crippen molar-refractivity contribution in [1.29, 1.82) is 0 Å². The molecule has 11 heteroatoms. The van der Waals surface area contributed by atoms with E-state index in [1.165, 1.54) is 21.3 Å². The van der Waals surface area contributed by atoms with Crippen LogP contribution in [0.15, 0.2) is 41.3 Å². The molecule has 0 radical (unpaired) electrons. The van der Waals surface area contributed by atoms with Gasteiger partial charge in [0.1, 0.15) is 0 Å². The van der Waals surface area contributed by atoms with Crippen LogP contribution in [0.3, 0.4) is 0 Å². The molecule has 0 aliphatic carbocycles. The first kappa shape index (κ1) is 24.2. The number of ether oxygens (including phenoxy) is 1. The molecule has 2 fully saturated rings. The van der Waals surface area contributed by atoms with E-state index in [2.05, 4.69) is 16.7 Å². The van der Waals surface area contributed by atoms with E-state index in [4.69, 9.17) is 16.3 Å². The highest BCUT2D eigenvalue weighted by atomic mass is 35.5. The van der Waals surface area contributed by atoms with Crippen molar-refractivity contribution in [1.82, 2.24) is 9.21 Å². The summed E-state index contributed by atoms with van der Waals surface area (Å²) in [5, 5.41) is 0.695. The third-order valence-corrected chi connectivity index (χ3v) is 8.91. The lowest BCUT2D eigenvalue weighted by atomic mass is 10.1. The van der Waals surface area contributed by atoms with Crippen LogP contribution in [0, 0.1) is 6.92 Å². The molecule has 0 bridgehead atoms. The fourth-order valence-corrected chi connectivity index (χ4v) is 6.37. The highest BCUT2D eigenvalue weighted by Crippen LogP contribution is 2.33. The van der Waals surface area contributed by atoms with Crippen molar-refractivity contribution in [3.63, 3.8) is 0 Å². The van der Waals surface area contributed by atoms with Gasteiger partial charge in [0.15, 0.2) is 0 Å². The molecule has 0 unspecified atom stereocenters. The summed E-state index contributed by atoms with van der Waals surface area (Å²) in [6.45, 7) is 6.47. The Labute approximate surface area is 209 Å². The van der Waals surface area contributed by atoms with Gasteiger partial charge in [0.25, 0.3) is 5.78 Å². The number of anilines is 2. The van der Waals surface area contributed by atoms with Crippen molar-refractivity contribution >= 4 is 44.7 Å². The largest absolute Gasteiger partial charge is 0.379 e. The van der Waals surface area contributed by atoms with E-state index in [1.54, 1.807) is 6.07 Å². The Morgan fingerprint density at radius 2 is 1.63 bits per heavy atom. The number of piperazine rings is 1.